The van der Waals surface area contributed by atoms with Crippen molar-refractivity contribution < 1.29 is 120 Å². The second kappa shape index (κ2) is 41.8. The highest BCUT2D eigenvalue weighted by Crippen LogP contribution is 2.36. The van der Waals surface area contributed by atoms with Gasteiger partial charge < -0.3 is 67.9 Å². The summed E-state index contributed by atoms with van der Waals surface area (Å²) in [6.07, 6.45) is 8.00. The summed E-state index contributed by atoms with van der Waals surface area (Å²) in [5, 5.41) is 3.91. The largest absolute Gasteiger partial charge is 0.446 e. The van der Waals surface area contributed by atoms with Crippen molar-refractivity contribution in [3.63, 3.8) is 0 Å². The second-order valence-corrected chi connectivity index (χ2v) is 24.8. The van der Waals surface area contributed by atoms with E-state index >= 15 is 0 Å². The zero-order chi connectivity index (χ0) is 68.4. The van der Waals surface area contributed by atoms with Gasteiger partial charge in [0.05, 0.1) is 151 Å². The van der Waals surface area contributed by atoms with Crippen LogP contribution >= 0.6 is 0 Å². The first kappa shape index (κ1) is 77.8. The van der Waals surface area contributed by atoms with Gasteiger partial charge in [-0.3, -0.25) is 28.8 Å². The highest BCUT2D eigenvalue weighted by Gasteiger charge is 2.38. The van der Waals surface area contributed by atoms with E-state index in [0.717, 1.165) is 19.3 Å². The summed E-state index contributed by atoms with van der Waals surface area (Å²) >= 11 is 0. The van der Waals surface area contributed by atoms with Gasteiger partial charge >= 0.3 is 22.2 Å². The topological polar surface area (TPSA) is 347 Å². The Bertz CT molecular complexity index is 3210. The summed E-state index contributed by atoms with van der Waals surface area (Å²) < 4.78 is 179. The van der Waals surface area contributed by atoms with Crippen LogP contribution in [0.3, 0.4) is 0 Å². The van der Waals surface area contributed by atoms with E-state index in [0.29, 0.717) is 146 Å². The van der Waals surface area contributed by atoms with Crippen LogP contribution in [-0.2, 0) is 91.5 Å². The average molecular weight is 1390 g/mol. The fraction of sp³-hybridized carbons (Fsp3) is 0.607. The number of halogens is 4. The van der Waals surface area contributed by atoms with E-state index in [4.69, 9.17) is 67.2 Å². The van der Waals surface area contributed by atoms with Crippen molar-refractivity contribution >= 4 is 61.5 Å². The van der Waals surface area contributed by atoms with Crippen molar-refractivity contribution in [3.8, 4) is 16.9 Å². The smallest absolute Gasteiger partial charge is 0.407 e. The molecule has 4 N–H and O–H groups in total. The Labute approximate surface area is 549 Å². The Morgan fingerprint density at radius 2 is 1.18 bits per heavy atom. The number of nitrogens with zero attached hydrogens (tertiary/aromatic N) is 4. The van der Waals surface area contributed by atoms with E-state index in [1.165, 1.54) is 15.6 Å². The molecule has 1 aliphatic carbocycles. The number of nitrogens with two attached hydrogens (primary N) is 1. The molecule has 0 spiro atoms. The molecule has 34 heteroatoms. The van der Waals surface area contributed by atoms with E-state index < -0.39 is 72.5 Å². The molecule has 2 aliphatic heterocycles. The fourth-order valence-corrected chi connectivity index (χ4v) is 11.3. The third kappa shape index (κ3) is 27.0. The lowest BCUT2D eigenvalue weighted by Gasteiger charge is -2.38. The zero-order valence-corrected chi connectivity index (χ0v) is 54.6. The third-order valence-electron chi connectivity index (χ3n) is 14.3. The van der Waals surface area contributed by atoms with Crippen molar-refractivity contribution in [1.29, 1.82) is 0 Å². The van der Waals surface area contributed by atoms with E-state index in [1.807, 2.05) is 6.92 Å². The summed E-state index contributed by atoms with van der Waals surface area (Å²) in [5.41, 5.74) is 9.01. The van der Waals surface area contributed by atoms with Gasteiger partial charge in [-0.15, -0.1) is 0 Å². The minimum Gasteiger partial charge on any atom is -0.446 e. The van der Waals surface area contributed by atoms with Gasteiger partial charge in [-0.1, -0.05) is 19.1 Å². The maximum Gasteiger partial charge on any atom is 0.407 e. The molecule has 2 amide bonds. The van der Waals surface area contributed by atoms with Crippen LogP contribution < -0.4 is 15.8 Å². The highest BCUT2D eigenvalue weighted by molar-refractivity contribution is 7.89. The van der Waals surface area contributed by atoms with E-state index in [2.05, 4.69) is 20.0 Å². The van der Waals surface area contributed by atoms with Crippen LogP contribution in [0.5, 0.6) is 5.75 Å². The summed E-state index contributed by atoms with van der Waals surface area (Å²) in [4.78, 5) is 62.6. The first-order valence-electron chi connectivity index (χ1n) is 31.1. The van der Waals surface area contributed by atoms with Crippen molar-refractivity contribution in [2.75, 3.05) is 165 Å². The van der Waals surface area contributed by atoms with Gasteiger partial charge in [0.15, 0.2) is 16.5 Å². The Balaban J connectivity index is 0.681. The van der Waals surface area contributed by atoms with Crippen LogP contribution in [0, 0.1) is 29.2 Å². The average Bonchev–Trinajstić information content (AvgIpc) is 1.03. The quantitative estimate of drug-likeness (QED) is 0.0123. The maximum atomic E-state index is 14.0. The molecule has 28 nitrogen and oxygen atoms in total. The first-order valence-corrected chi connectivity index (χ1v) is 34.0. The number of aliphatic imine (C=N–C) groups is 1. The number of alkyl carbamates (subject to hydrolysis) is 1. The van der Waals surface area contributed by atoms with Gasteiger partial charge in [0.1, 0.15) is 22.6 Å². The summed E-state index contributed by atoms with van der Waals surface area (Å²) in [5.74, 6) is -12.8. The van der Waals surface area contributed by atoms with Crippen molar-refractivity contribution in [3.05, 3.63) is 71.1 Å². The normalized spacial score (nSPS) is 14.5. The number of hydrogen-bond acceptors (Lipinski definition) is 24. The summed E-state index contributed by atoms with van der Waals surface area (Å²) in [6.45, 7) is 8.51. The Hall–Kier alpha value is -6.22. The number of rotatable bonds is 49. The number of ketones is 1. The maximum absolute atomic E-state index is 14.0. The molecule has 1 saturated carbocycles. The van der Waals surface area contributed by atoms with Crippen molar-refractivity contribution in [2.24, 2.45) is 16.6 Å². The fourth-order valence-electron chi connectivity index (χ4n) is 9.04. The number of carbonyl (C=O) groups excluding carboxylic acids is 4. The molecule has 0 bridgehead atoms. The number of aromatic nitrogens is 1. The molecule has 3 aliphatic rings. The minimum absolute atomic E-state index is 0.00859. The molecule has 530 valence electrons. The number of fused-ring (bicyclic) bond motifs is 1. The van der Waals surface area contributed by atoms with Crippen molar-refractivity contribution in [2.45, 2.75) is 80.6 Å². The van der Waals surface area contributed by atoms with E-state index in [-0.39, 0.29) is 113 Å². The number of nitrogens with one attached hydrogen (secondary N) is 1. The predicted molar refractivity (Wildman–Crippen MR) is 329 cm³/mol. The molecule has 3 aromatic rings. The molecule has 1 aromatic heterocycles. The molecule has 1 saturated heterocycles. The Kier molecular flexibility index (Phi) is 34.2. The SMILES string of the molecule is CCCN(OCCNC(=O)OC1CCC1)C(=O)C1=Cc2ccc(-c3cncc(S(=O)(=O)N4CC(CCC(=O)CCOCCOCCOCCOCCOCCOCCOCCOCCOCCOCCC(=O)Oc5c(F)c(F)c(S(=O)(=O)O)c(F)c5F)C4)c3)cc2N=C(N)C1. The molecule has 3 heterocycles. The van der Waals surface area contributed by atoms with Gasteiger partial charge in [0.2, 0.25) is 27.4 Å². The monoisotopic (exact) mass is 1390 g/mol. The molecule has 6 rings (SSSR count). The lowest BCUT2D eigenvalue weighted by Crippen LogP contribution is -2.49. The van der Waals surface area contributed by atoms with Gasteiger partial charge in [-0.2, -0.15) is 21.5 Å². The Morgan fingerprint density at radius 1 is 0.663 bits per heavy atom. The molecule has 0 atom stereocenters. The number of pyridine rings is 1. The second-order valence-electron chi connectivity index (χ2n) is 21.5. The standard InChI is InChI=1S/C61H84F4N6O22S2/c1-2-13-71(91-16-12-68-61(75)92-49-4-3-5-49)60(74)46-35-45-8-7-44(37-51(45)69-52(66)38-46)47-36-50(40-67-39-47)94(76,77)70-41-43(42-70)6-9-48(72)10-14-81-17-19-83-21-23-85-25-27-87-29-31-89-33-34-90-32-30-88-28-26-86-24-22-84-20-18-82-15-11-53(73)93-58-54(62)56(64)59(95(78,79)80)57(65)55(58)63/h7-8,35-37,39-40,43,49H,2-6,9-34,38,41-42H2,1H3,(H2,66,69)(H,68,75)(H,78,79,80). The van der Waals surface area contributed by atoms with Crippen LogP contribution in [0.15, 0.2) is 57.0 Å². The molecule has 0 radical (unpaired) electrons. The summed E-state index contributed by atoms with van der Waals surface area (Å²) in [6, 6.07) is 6.91. The number of esters is 1. The van der Waals surface area contributed by atoms with Crippen molar-refractivity contribution in [1.82, 2.24) is 19.7 Å². The number of sulfonamides is 1. The lowest BCUT2D eigenvalue weighted by atomic mass is 9.95. The number of amidine groups is 1. The number of benzene rings is 2. The van der Waals surface area contributed by atoms with Crippen LogP contribution in [-0.4, -0.2) is 236 Å². The lowest BCUT2D eigenvalue weighted by molar-refractivity contribution is -0.181. The first-order chi connectivity index (χ1) is 45.8. The van der Waals surface area contributed by atoms with E-state index in [9.17, 15) is 53.6 Å². The molecule has 95 heavy (non-hydrogen) atoms. The molecular weight excluding hydrogens is 1310 g/mol. The molecule has 2 aromatic carbocycles. The zero-order valence-electron chi connectivity index (χ0n) is 53.0. The van der Waals surface area contributed by atoms with Gasteiger partial charge in [0.25, 0.3) is 5.91 Å². The number of hydroxylamine groups is 2. The number of hydrogen-bond donors (Lipinski definition) is 3. The summed E-state index contributed by atoms with van der Waals surface area (Å²) in [7, 11) is -9.53. The Morgan fingerprint density at radius 3 is 1.67 bits per heavy atom. The third-order valence-corrected chi connectivity index (χ3v) is 17.0. The van der Waals surface area contributed by atoms with Gasteiger partial charge in [0, 0.05) is 74.5 Å². The molecular formula is C61H84F4N6O22S2. The highest BCUT2D eigenvalue weighted by atomic mass is 32.2. The van der Waals surface area contributed by atoms with Crippen LogP contribution in [0.25, 0.3) is 17.2 Å². The van der Waals surface area contributed by atoms with Crippen LogP contribution in [0.2, 0.25) is 0 Å². The van der Waals surface area contributed by atoms with Crippen LogP contribution in [0.4, 0.5) is 28.0 Å². The number of Topliss-reactive ketones (excluding diaryl/α,β-unsaturated/α-hetero) is 1. The van der Waals surface area contributed by atoms with Gasteiger partial charge in [-0.25, -0.2) is 32.0 Å². The predicted octanol–water partition coefficient (Wildman–Crippen LogP) is 5.30. The molecule has 0 unspecified atom stereocenters. The van der Waals surface area contributed by atoms with Crippen LogP contribution in [0.1, 0.15) is 70.3 Å². The number of ether oxygens (including phenoxy) is 12. The van der Waals surface area contributed by atoms with E-state index in [1.54, 1.807) is 36.5 Å². The number of amides is 2. The minimum atomic E-state index is -5.66. The van der Waals surface area contributed by atoms with Gasteiger partial charge in [-0.05, 0) is 61.8 Å². The number of carbonyl (C=O) groups is 4. The molecule has 2 fully saturated rings.